The zero-order valence-electron chi connectivity index (χ0n) is 9.08. The van der Waals surface area contributed by atoms with E-state index in [1.165, 1.54) is 12.3 Å². The summed E-state index contributed by atoms with van der Waals surface area (Å²) in [5.74, 6) is -0.364. The third kappa shape index (κ3) is 3.67. The predicted molar refractivity (Wildman–Crippen MR) is 52.1 cm³/mol. The van der Waals surface area contributed by atoms with Crippen LogP contribution in [0.2, 0.25) is 0 Å². The standard InChI is InChI=1S/C10H13F3N2O/c1-7(2)9(16)8-3-5-15(14-8)6-4-10(11,12)13/h3,5,7H,4,6H2,1-2H3. The number of halogens is 3. The van der Waals surface area contributed by atoms with Crippen LogP contribution in [0.3, 0.4) is 0 Å². The van der Waals surface area contributed by atoms with Gasteiger partial charge in [-0.25, -0.2) is 0 Å². The van der Waals surface area contributed by atoms with Crippen molar-refractivity contribution < 1.29 is 18.0 Å². The molecule has 0 spiro atoms. The highest BCUT2D eigenvalue weighted by Gasteiger charge is 2.26. The molecule has 1 heterocycles. The molecule has 90 valence electrons. The van der Waals surface area contributed by atoms with Gasteiger partial charge in [-0.1, -0.05) is 13.8 Å². The Balaban J connectivity index is 2.62. The third-order valence-corrected chi connectivity index (χ3v) is 2.04. The zero-order chi connectivity index (χ0) is 12.3. The van der Waals surface area contributed by atoms with E-state index in [9.17, 15) is 18.0 Å². The minimum atomic E-state index is -4.20. The summed E-state index contributed by atoms with van der Waals surface area (Å²) in [4.78, 5) is 11.5. The summed E-state index contributed by atoms with van der Waals surface area (Å²) in [6.45, 7) is 3.18. The lowest BCUT2D eigenvalue weighted by Gasteiger charge is -2.05. The molecule has 0 amide bonds. The van der Waals surface area contributed by atoms with Crippen molar-refractivity contribution in [1.82, 2.24) is 9.78 Å². The van der Waals surface area contributed by atoms with Gasteiger partial charge in [0, 0.05) is 18.7 Å². The molecule has 0 saturated carbocycles. The Morgan fingerprint density at radius 2 is 2.12 bits per heavy atom. The van der Waals surface area contributed by atoms with Gasteiger partial charge in [0.15, 0.2) is 5.78 Å². The smallest absolute Gasteiger partial charge is 0.292 e. The van der Waals surface area contributed by atoms with E-state index in [0.717, 1.165) is 4.68 Å². The Morgan fingerprint density at radius 1 is 1.50 bits per heavy atom. The lowest BCUT2D eigenvalue weighted by molar-refractivity contribution is -0.137. The Morgan fingerprint density at radius 3 is 2.62 bits per heavy atom. The van der Waals surface area contributed by atoms with E-state index < -0.39 is 12.6 Å². The summed E-state index contributed by atoms with van der Waals surface area (Å²) in [7, 11) is 0. The van der Waals surface area contributed by atoms with Gasteiger partial charge < -0.3 is 0 Å². The van der Waals surface area contributed by atoms with Crippen LogP contribution in [0, 0.1) is 5.92 Å². The average Bonchev–Trinajstić information content (AvgIpc) is 2.60. The van der Waals surface area contributed by atoms with Crippen LogP contribution in [0.4, 0.5) is 13.2 Å². The Kier molecular flexibility index (Phi) is 3.72. The fraction of sp³-hybridized carbons (Fsp3) is 0.600. The summed E-state index contributed by atoms with van der Waals surface area (Å²) in [6.07, 6.45) is -3.75. The molecule has 6 heteroatoms. The van der Waals surface area contributed by atoms with Crippen molar-refractivity contribution in [3.05, 3.63) is 18.0 Å². The molecule has 3 nitrogen and oxygen atoms in total. The highest BCUT2D eigenvalue weighted by Crippen LogP contribution is 2.20. The van der Waals surface area contributed by atoms with Gasteiger partial charge in [0.05, 0.1) is 6.42 Å². The molecule has 1 rings (SSSR count). The number of Topliss-reactive ketones (excluding diaryl/α,β-unsaturated/α-hetero) is 1. The largest absolute Gasteiger partial charge is 0.390 e. The normalized spacial score (nSPS) is 12.1. The van der Waals surface area contributed by atoms with Crippen LogP contribution in [0.1, 0.15) is 30.8 Å². The van der Waals surface area contributed by atoms with E-state index in [4.69, 9.17) is 0 Å². The first-order valence-electron chi connectivity index (χ1n) is 4.94. The maximum atomic E-state index is 11.9. The van der Waals surface area contributed by atoms with Crippen LogP contribution in [0.5, 0.6) is 0 Å². The quantitative estimate of drug-likeness (QED) is 0.751. The minimum Gasteiger partial charge on any atom is -0.292 e. The molecular formula is C10H13F3N2O. The second-order valence-electron chi connectivity index (χ2n) is 3.85. The van der Waals surface area contributed by atoms with Crippen molar-refractivity contribution in [3.8, 4) is 0 Å². The van der Waals surface area contributed by atoms with Crippen molar-refractivity contribution in [2.45, 2.75) is 33.0 Å². The first kappa shape index (κ1) is 12.7. The van der Waals surface area contributed by atoms with E-state index in [1.54, 1.807) is 13.8 Å². The monoisotopic (exact) mass is 234 g/mol. The van der Waals surface area contributed by atoms with E-state index in [1.807, 2.05) is 0 Å². The van der Waals surface area contributed by atoms with Crippen molar-refractivity contribution in [2.24, 2.45) is 5.92 Å². The molecule has 0 aliphatic carbocycles. The number of aromatic nitrogens is 2. The molecule has 0 saturated heterocycles. The van der Waals surface area contributed by atoms with Gasteiger partial charge in [0.1, 0.15) is 5.69 Å². The van der Waals surface area contributed by atoms with Crippen molar-refractivity contribution in [3.63, 3.8) is 0 Å². The summed E-state index contributed by atoms with van der Waals surface area (Å²) < 4.78 is 36.9. The second kappa shape index (κ2) is 4.67. The zero-order valence-corrected chi connectivity index (χ0v) is 9.08. The number of carbonyl (C=O) groups is 1. The number of hydrogen-bond donors (Lipinski definition) is 0. The number of carbonyl (C=O) groups excluding carboxylic acids is 1. The molecule has 1 aromatic rings. The maximum Gasteiger partial charge on any atom is 0.390 e. The van der Waals surface area contributed by atoms with Gasteiger partial charge in [0.25, 0.3) is 0 Å². The molecule has 0 atom stereocenters. The Labute approximate surface area is 91.3 Å². The molecule has 0 bridgehead atoms. The van der Waals surface area contributed by atoms with Gasteiger partial charge >= 0.3 is 6.18 Å². The molecule has 0 radical (unpaired) electrons. The minimum absolute atomic E-state index is 0.161. The van der Waals surface area contributed by atoms with Crippen molar-refractivity contribution in [1.29, 1.82) is 0 Å². The first-order chi connectivity index (χ1) is 7.29. The number of rotatable bonds is 4. The number of ketones is 1. The summed E-state index contributed by atoms with van der Waals surface area (Å²) >= 11 is 0. The number of nitrogens with zero attached hydrogens (tertiary/aromatic N) is 2. The van der Waals surface area contributed by atoms with Crippen LogP contribution >= 0.6 is 0 Å². The predicted octanol–water partition coefficient (Wildman–Crippen LogP) is 2.67. The molecule has 16 heavy (non-hydrogen) atoms. The SMILES string of the molecule is CC(C)C(=O)c1ccn(CCC(F)(F)F)n1. The molecular weight excluding hydrogens is 221 g/mol. The number of aryl methyl sites for hydroxylation is 1. The van der Waals surface area contributed by atoms with Crippen LogP contribution in [-0.4, -0.2) is 21.7 Å². The summed E-state index contributed by atoms with van der Waals surface area (Å²) in [5, 5.41) is 3.80. The summed E-state index contributed by atoms with van der Waals surface area (Å²) in [5.41, 5.74) is 0.220. The van der Waals surface area contributed by atoms with Crippen LogP contribution in [-0.2, 0) is 6.54 Å². The molecule has 0 unspecified atom stereocenters. The molecule has 1 aromatic heterocycles. The van der Waals surface area contributed by atoms with Crippen LogP contribution < -0.4 is 0 Å². The first-order valence-corrected chi connectivity index (χ1v) is 4.94. The fourth-order valence-electron chi connectivity index (χ4n) is 1.15. The Bertz CT molecular complexity index is 368. The van der Waals surface area contributed by atoms with Gasteiger partial charge in [-0.15, -0.1) is 0 Å². The van der Waals surface area contributed by atoms with Crippen molar-refractivity contribution in [2.75, 3.05) is 0 Å². The third-order valence-electron chi connectivity index (χ3n) is 2.04. The van der Waals surface area contributed by atoms with Gasteiger partial charge in [-0.2, -0.15) is 18.3 Å². The lowest BCUT2D eigenvalue weighted by Crippen LogP contribution is -2.14. The van der Waals surface area contributed by atoms with Crippen molar-refractivity contribution >= 4 is 5.78 Å². The molecule has 0 fully saturated rings. The van der Waals surface area contributed by atoms with E-state index >= 15 is 0 Å². The van der Waals surface area contributed by atoms with Gasteiger partial charge in [0.2, 0.25) is 0 Å². The van der Waals surface area contributed by atoms with Gasteiger partial charge in [-0.05, 0) is 6.07 Å². The topological polar surface area (TPSA) is 34.9 Å². The van der Waals surface area contributed by atoms with Gasteiger partial charge in [-0.3, -0.25) is 9.48 Å². The highest BCUT2D eigenvalue weighted by atomic mass is 19.4. The molecule has 0 aliphatic heterocycles. The van der Waals surface area contributed by atoms with E-state index in [-0.39, 0.29) is 23.9 Å². The van der Waals surface area contributed by atoms with E-state index in [2.05, 4.69) is 5.10 Å². The lowest BCUT2D eigenvalue weighted by atomic mass is 10.1. The molecule has 0 N–H and O–H groups in total. The molecule has 0 aromatic carbocycles. The fourth-order valence-corrected chi connectivity index (χ4v) is 1.15. The highest BCUT2D eigenvalue weighted by molar-refractivity contribution is 5.95. The van der Waals surface area contributed by atoms with E-state index in [0.29, 0.717) is 0 Å². The second-order valence-corrected chi connectivity index (χ2v) is 3.85. The maximum absolute atomic E-state index is 11.9. The number of hydrogen-bond acceptors (Lipinski definition) is 2. The molecule has 0 aliphatic rings. The number of alkyl halides is 3. The Hall–Kier alpha value is -1.33. The van der Waals surface area contributed by atoms with Crippen LogP contribution in [0.15, 0.2) is 12.3 Å². The average molecular weight is 234 g/mol. The van der Waals surface area contributed by atoms with Crippen LogP contribution in [0.25, 0.3) is 0 Å². The summed E-state index contributed by atoms with van der Waals surface area (Å²) in [6, 6.07) is 1.44.